The maximum absolute atomic E-state index is 6.16. The average molecular weight is 315 g/mol. The minimum Gasteiger partial charge on any atom is -0.382 e. The number of hydrogen-bond donors (Lipinski definition) is 1. The van der Waals surface area contributed by atoms with Gasteiger partial charge in [0, 0.05) is 5.56 Å². The monoisotopic (exact) mass is 315 g/mol. The molecular weight excluding hydrogens is 298 g/mol. The zero-order chi connectivity index (χ0) is 16.7. The van der Waals surface area contributed by atoms with Gasteiger partial charge in [-0.05, 0) is 26.0 Å². The maximum Gasteiger partial charge on any atom is 0.157 e. The fourth-order valence-corrected chi connectivity index (χ4v) is 2.87. The lowest BCUT2D eigenvalue weighted by Crippen LogP contribution is -1.99. The van der Waals surface area contributed by atoms with Crippen LogP contribution in [0.15, 0.2) is 54.6 Å². The van der Waals surface area contributed by atoms with Crippen molar-refractivity contribution in [1.82, 2.24) is 20.0 Å². The van der Waals surface area contributed by atoms with Crippen molar-refractivity contribution in [1.29, 1.82) is 0 Å². The van der Waals surface area contributed by atoms with E-state index in [9.17, 15) is 0 Å². The van der Waals surface area contributed by atoms with Crippen molar-refractivity contribution in [3.63, 3.8) is 0 Å². The minimum atomic E-state index is 0.397. The first kappa shape index (κ1) is 14.4. The van der Waals surface area contributed by atoms with Crippen LogP contribution in [-0.2, 0) is 0 Å². The van der Waals surface area contributed by atoms with Gasteiger partial charge in [-0.1, -0.05) is 48.0 Å². The molecule has 0 spiro atoms. The summed E-state index contributed by atoms with van der Waals surface area (Å²) in [5.41, 5.74) is 11.9. The number of fused-ring (bicyclic) bond motifs is 1. The molecule has 4 aromatic rings. The van der Waals surface area contributed by atoms with Crippen LogP contribution in [0, 0.1) is 13.8 Å². The Morgan fingerprint density at radius 1 is 0.875 bits per heavy atom. The van der Waals surface area contributed by atoms with E-state index in [1.807, 2.05) is 41.9 Å². The zero-order valence-corrected chi connectivity index (χ0v) is 13.6. The summed E-state index contributed by atoms with van der Waals surface area (Å²) in [5, 5.41) is 13.8. The van der Waals surface area contributed by atoms with Gasteiger partial charge in [0.2, 0.25) is 0 Å². The van der Waals surface area contributed by atoms with Crippen LogP contribution in [0.2, 0.25) is 0 Å². The van der Waals surface area contributed by atoms with Crippen molar-refractivity contribution in [3.05, 3.63) is 65.9 Å². The number of hydrogen-bond acceptors (Lipinski definition) is 4. The van der Waals surface area contributed by atoms with Crippen LogP contribution in [0.5, 0.6) is 0 Å². The van der Waals surface area contributed by atoms with Gasteiger partial charge in [0.05, 0.1) is 22.5 Å². The van der Waals surface area contributed by atoms with Crippen LogP contribution in [-0.4, -0.2) is 20.0 Å². The number of aromatic nitrogens is 4. The van der Waals surface area contributed by atoms with Crippen LogP contribution in [0.4, 0.5) is 5.82 Å². The molecule has 24 heavy (non-hydrogen) atoms. The number of nitrogens with zero attached hydrogens (tertiary/aromatic N) is 4. The van der Waals surface area contributed by atoms with Gasteiger partial charge in [0.1, 0.15) is 5.52 Å². The summed E-state index contributed by atoms with van der Waals surface area (Å²) in [5.74, 6) is 0.397. The van der Waals surface area contributed by atoms with Crippen LogP contribution in [0.3, 0.4) is 0 Å². The first-order valence-electron chi connectivity index (χ1n) is 7.79. The van der Waals surface area contributed by atoms with Gasteiger partial charge in [-0.25, -0.2) is 4.68 Å². The predicted molar refractivity (Wildman–Crippen MR) is 96.0 cm³/mol. The Morgan fingerprint density at radius 2 is 1.58 bits per heavy atom. The van der Waals surface area contributed by atoms with Crippen molar-refractivity contribution in [2.45, 2.75) is 13.8 Å². The van der Waals surface area contributed by atoms with E-state index >= 15 is 0 Å². The normalized spacial score (nSPS) is 11.1. The highest BCUT2D eigenvalue weighted by molar-refractivity contribution is 6.01. The highest BCUT2D eigenvalue weighted by Crippen LogP contribution is 2.34. The van der Waals surface area contributed by atoms with E-state index in [-0.39, 0.29) is 0 Å². The Balaban J connectivity index is 2.12. The van der Waals surface area contributed by atoms with Gasteiger partial charge in [-0.3, -0.25) is 0 Å². The van der Waals surface area contributed by atoms with Crippen molar-refractivity contribution < 1.29 is 0 Å². The van der Waals surface area contributed by atoms with Crippen molar-refractivity contribution in [2.24, 2.45) is 0 Å². The van der Waals surface area contributed by atoms with Gasteiger partial charge in [0.25, 0.3) is 0 Å². The third kappa shape index (κ3) is 2.22. The fourth-order valence-electron chi connectivity index (χ4n) is 2.87. The molecule has 0 aliphatic carbocycles. The van der Waals surface area contributed by atoms with E-state index in [4.69, 9.17) is 10.8 Å². The van der Waals surface area contributed by atoms with E-state index in [1.54, 1.807) is 0 Å². The van der Waals surface area contributed by atoms with E-state index in [0.29, 0.717) is 5.82 Å². The quantitative estimate of drug-likeness (QED) is 0.612. The topological polar surface area (TPSA) is 69.6 Å². The fraction of sp³-hybridized carbons (Fsp3) is 0.105. The molecule has 0 aliphatic heterocycles. The molecule has 4 rings (SSSR count). The molecule has 118 valence electrons. The number of benzene rings is 2. The number of rotatable bonds is 2. The third-order valence-electron chi connectivity index (χ3n) is 4.12. The molecule has 0 bridgehead atoms. The predicted octanol–water partition coefficient (Wildman–Crippen LogP) is 3.68. The van der Waals surface area contributed by atoms with E-state index < -0.39 is 0 Å². The van der Waals surface area contributed by atoms with Crippen LogP contribution in [0.25, 0.3) is 27.8 Å². The average Bonchev–Trinajstić information content (AvgIpc) is 3.01. The van der Waals surface area contributed by atoms with E-state index in [2.05, 4.69) is 41.4 Å². The Morgan fingerprint density at radius 3 is 2.29 bits per heavy atom. The van der Waals surface area contributed by atoms with Gasteiger partial charge < -0.3 is 5.73 Å². The second kappa shape index (κ2) is 5.45. The standard InChI is InChI=1S/C19H17N5/c1-12-8-10-14(11-9-12)18-16-17(13(2)21-22-19(16)20)23-24(18)15-6-4-3-5-7-15/h3-11H,1-2H3,(H2,20,22). The molecule has 2 aromatic heterocycles. The molecule has 0 aliphatic rings. The van der Waals surface area contributed by atoms with Crippen LogP contribution >= 0.6 is 0 Å². The van der Waals surface area contributed by atoms with Crippen LogP contribution in [0.1, 0.15) is 11.3 Å². The second-order valence-electron chi connectivity index (χ2n) is 5.86. The van der Waals surface area contributed by atoms with Crippen molar-refractivity contribution in [2.75, 3.05) is 5.73 Å². The summed E-state index contributed by atoms with van der Waals surface area (Å²) < 4.78 is 1.92. The summed E-state index contributed by atoms with van der Waals surface area (Å²) >= 11 is 0. The second-order valence-corrected chi connectivity index (χ2v) is 5.86. The van der Waals surface area contributed by atoms with E-state index in [1.165, 1.54) is 5.56 Å². The number of aryl methyl sites for hydroxylation is 2. The number of nitrogens with two attached hydrogens (primary N) is 1. The zero-order valence-electron chi connectivity index (χ0n) is 13.6. The summed E-state index contributed by atoms with van der Waals surface area (Å²) in [6, 6.07) is 18.4. The summed E-state index contributed by atoms with van der Waals surface area (Å²) in [4.78, 5) is 0. The highest BCUT2D eigenvalue weighted by Gasteiger charge is 2.19. The Labute approximate surface area is 139 Å². The molecule has 0 saturated heterocycles. The van der Waals surface area contributed by atoms with Crippen molar-refractivity contribution >= 4 is 16.7 Å². The summed E-state index contributed by atoms with van der Waals surface area (Å²) in [6.07, 6.45) is 0. The third-order valence-corrected chi connectivity index (χ3v) is 4.12. The van der Waals surface area contributed by atoms with Crippen LogP contribution < -0.4 is 5.73 Å². The number of anilines is 1. The van der Waals surface area contributed by atoms with Gasteiger partial charge in [-0.2, -0.15) is 10.2 Å². The molecule has 5 heteroatoms. The molecule has 0 amide bonds. The SMILES string of the molecule is Cc1ccc(-c2c3c(N)nnc(C)c3nn2-c2ccccc2)cc1. The summed E-state index contributed by atoms with van der Waals surface area (Å²) in [6.45, 7) is 3.97. The molecule has 0 unspecified atom stereocenters. The first-order chi connectivity index (χ1) is 11.6. The minimum absolute atomic E-state index is 0.397. The maximum atomic E-state index is 6.16. The Bertz CT molecular complexity index is 1020. The first-order valence-corrected chi connectivity index (χ1v) is 7.79. The lowest BCUT2D eigenvalue weighted by atomic mass is 10.1. The smallest absolute Gasteiger partial charge is 0.157 e. The lowest BCUT2D eigenvalue weighted by molar-refractivity contribution is 0.897. The molecule has 5 nitrogen and oxygen atoms in total. The molecule has 0 fully saturated rings. The number of para-hydroxylation sites is 1. The largest absolute Gasteiger partial charge is 0.382 e. The molecule has 2 aromatic carbocycles. The highest BCUT2D eigenvalue weighted by atomic mass is 15.3. The van der Waals surface area contributed by atoms with Gasteiger partial charge >= 0.3 is 0 Å². The molecule has 0 saturated carbocycles. The molecule has 2 heterocycles. The van der Waals surface area contributed by atoms with E-state index in [0.717, 1.165) is 33.5 Å². The molecule has 0 radical (unpaired) electrons. The van der Waals surface area contributed by atoms with Gasteiger partial charge in [-0.15, -0.1) is 5.10 Å². The Kier molecular flexibility index (Phi) is 3.27. The molecular formula is C19H17N5. The van der Waals surface area contributed by atoms with Crippen molar-refractivity contribution in [3.8, 4) is 16.9 Å². The lowest BCUT2D eigenvalue weighted by Gasteiger charge is -2.09. The molecule has 2 N–H and O–H groups in total. The summed E-state index contributed by atoms with van der Waals surface area (Å²) in [7, 11) is 0. The Hall–Kier alpha value is -3.21. The number of nitrogen functional groups attached to an aromatic ring is 1. The van der Waals surface area contributed by atoms with Gasteiger partial charge in [0.15, 0.2) is 5.82 Å². The molecule has 0 atom stereocenters.